The molecule has 0 radical (unpaired) electrons. The summed E-state index contributed by atoms with van der Waals surface area (Å²) in [6.45, 7) is -0.0575. The molecule has 1 aromatic carbocycles. The van der Waals surface area contributed by atoms with Crippen LogP contribution in [-0.2, 0) is 9.59 Å². The van der Waals surface area contributed by atoms with Crippen LogP contribution in [0.2, 0.25) is 10.0 Å². The molecule has 1 aromatic rings. The van der Waals surface area contributed by atoms with Crippen molar-refractivity contribution in [2.75, 3.05) is 18.9 Å². The highest BCUT2D eigenvalue weighted by atomic mass is 35.5. The minimum atomic E-state index is -0.765. The fourth-order valence-electron chi connectivity index (χ4n) is 1.79. The Bertz CT molecular complexity index is 562. The normalized spacial score (nSPS) is 14.9. The molecule has 8 heteroatoms. The van der Waals surface area contributed by atoms with Crippen molar-refractivity contribution >= 4 is 53.1 Å². The second-order valence-corrected chi connectivity index (χ2v) is 5.81. The Kier molecular flexibility index (Phi) is 5.87. The van der Waals surface area contributed by atoms with E-state index >= 15 is 0 Å². The lowest BCUT2D eigenvalue weighted by molar-refractivity contribution is -0.135. The Hall–Kier alpha value is -1.01. The van der Waals surface area contributed by atoms with E-state index in [0.717, 1.165) is 0 Å². The molecule has 21 heavy (non-hydrogen) atoms. The van der Waals surface area contributed by atoms with Gasteiger partial charge in [-0.25, -0.2) is 0 Å². The van der Waals surface area contributed by atoms with Crippen LogP contribution in [0, 0.1) is 0 Å². The van der Waals surface area contributed by atoms with Gasteiger partial charge in [-0.2, -0.15) is 0 Å². The number of hydrogen-bond acceptors (Lipinski definition) is 3. The van der Waals surface area contributed by atoms with Crippen LogP contribution in [0.3, 0.4) is 0 Å². The van der Waals surface area contributed by atoms with Gasteiger partial charge in [0.25, 0.3) is 0 Å². The molecule has 1 fully saturated rings. The lowest BCUT2D eigenvalue weighted by Gasteiger charge is -2.20. The van der Waals surface area contributed by atoms with Gasteiger partial charge in [-0.1, -0.05) is 23.2 Å². The molecule has 1 aliphatic carbocycles. The highest BCUT2D eigenvalue weighted by molar-refractivity contribution is 6.42. The third kappa shape index (κ3) is 4.48. The van der Waals surface area contributed by atoms with Crippen molar-refractivity contribution in [3.63, 3.8) is 0 Å². The summed E-state index contributed by atoms with van der Waals surface area (Å²) < 4.78 is 0. The maximum atomic E-state index is 11.9. The molecule has 0 unspecified atom stereocenters. The fourth-order valence-corrected chi connectivity index (χ4v) is 2.09. The topological polar surface area (TPSA) is 75.4 Å². The number of halogens is 3. The Balaban J connectivity index is 0.00000220. The van der Waals surface area contributed by atoms with Crippen molar-refractivity contribution < 1.29 is 9.59 Å². The largest absolute Gasteiger partial charge is 0.335 e. The van der Waals surface area contributed by atoms with E-state index in [1.807, 2.05) is 0 Å². The molecule has 0 heterocycles. The predicted molar refractivity (Wildman–Crippen MR) is 86.1 cm³/mol. The van der Waals surface area contributed by atoms with Gasteiger partial charge in [0.2, 0.25) is 11.8 Å². The number of rotatable bonds is 4. The summed E-state index contributed by atoms with van der Waals surface area (Å²) in [5.41, 5.74) is 5.56. The van der Waals surface area contributed by atoms with Crippen LogP contribution in [0.4, 0.5) is 5.69 Å². The molecule has 2 amide bonds. The first-order valence-electron chi connectivity index (χ1n) is 6.11. The number of nitrogens with two attached hydrogens (primary N) is 1. The smallest absolute Gasteiger partial charge is 0.243 e. The van der Waals surface area contributed by atoms with Crippen molar-refractivity contribution in [2.45, 2.75) is 18.4 Å². The SMILES string of the molecule is CN(CC(=O)Nc1ccc(Cl)c(Cl)c1)C(=O)C1(N)CC1.Cl. The molecule has 1 saturated carbocycles. The van der Waals surface area contributed by atoms with E-state index in [1.165, 1.54) is 4.90 Å². The monoisotopic (exact) mass is 351 g/mol. The van der Waals surface area contributed by atoms with Crippen LogP contribution in [0.1, 0.15) is 12.8 Å². The summed E-state index contributed by atoms with van der Waals surface area (Å²) >= 11 is 11.6. The summed E-state index contributed by atoms with van der Waals surface area (Å²) in [5, 5.41) is 3.42. The number of hydrogen-bond donors (Lipinski definition) is 2. The second kappa shape index (κ2) is 6.83. The van der Waals surface area contributed by atoms with Crippen molar-refractivity contribution in [1.82, 2.24) is 4.90 Å². The van der Waals surface area contributed by atoms with Gasteiger partial charge in [-0.15, -0.1) is 12.4 Å². The van der Waals surface area contributed by atoms with Gasteiger partial charge in [-0.3, -0.25) is 9.59 Å². The van der Waals surface area contributed by atoms with Crippen molar-refractivity contribution in [3.8, 4) is 0 Å². The third-order valence-electron chi connectivity index (χ3n) is 3.15. The van der Waals surface area contributed by atoms with Gasteiger partial charge in [0.1, 0.15) is 0 Å². The number of nitrogens with zero attached hydrogens (tertiary/aromatic N) is 1. The molecule has 0 atom stereocenters. The first kappa shape index (κ1) is 18.0. The standard InChI is InChI=1S/C13H15Cl2N3O2.ClH/c1-18(12(20)13(16)4-5-13)7-11(19)17-8-2-3-9(14)10(15)6-8;/h2-3,6H,4-5,7,16H2,1H3,(H,17,19);1H. The van der Waals surface area contributed by atoms with Crippen LogP contribution < -0.4 is 11.1 Å². The number of amides is 2. The van der Waals surface area contributed by atoms with E-state index in [4.69, 9.17) is 28.9 Å². The summed E-state index contributed by atoms with van der Waals surface area (Å²) in [4.78, 5) is 25.1. The zero-order valence-corrected chi connectivity index (χ0v) is 13.7. The molecule has 0 saturated heterocycles. The predicted octanol–water partition coefficient (Wildman–Crippen LogP) is 2.30. The van der Waals surface area contributed by atoms with Crippen LogP contribution in [-0.4, -0.2) is 35.8 Å². The number of nitrogens with one attached hydrogen (secondary N) is 1. The molecular weight excluding hydrogens is 337 g/mol. The first-order valence-corrected chi connectivity index (χ1v) is 6.87. The Labute approximate surface area is 139 Å². The molecule has 0 aromatic heterocycles. The van der Waals surface area contributed by atoms with E-state index < -0.39 is 5.54 Å². The van der Waals surface area contributed by atoms with Crippen molar-refractivity contribution in [3.05, 3.63) is 28.2 Å². The lowest BCUT2D eigenvalue weighted by atomic mass is 10.2. The van der Waals surface area contributed by atoms with Gasteiger partial charge >= 0.3 is 0 Å². The lowest BCUT2D eigenvalue weighted by Crippen LogP contribution is -2.46. The summed E-state index contributed by atoms with van der Waals surface area (Å²) in [6.07, 6.45) is 1.34. The van der Waals surface area contributed by atoms with Gasteiger partial charge in [0.05, 0.1) is 22.1 Å². The average molecular weight is 353 g/mol. The molecule has 0 aliphatic heterocycles. The molecule has 2 rings (SSSR count). The molecular formula is C13H16Cl3N3O2. The van der Waals surface area contributed by atoms with Crippen LogP contribution in [0.25, 0.3) is 0 Å². The number of carbonyl (C=O) groups is 2. The van der Waals surface area contributed by atoms with Gasteiger partial charge in [0.15, 0.2) is 0 Å². The van der Waals surface area contributed by atoms with Gasteiger partial charge in [0, 0.05) is 12.7 Å². The summed E-state index contributed by atoms with van der Waals surface area (Å²) in [5.74, 6) is -0.523. The van der Waals surface area contributed by atoms with E-state index in [1.54, 1.807) is 25.2 Å². The summed E-state index contributed by atoms with van der Waals surface area (Å²) in [7, 11) is 1.56. The molecule has 0 spiro atoms. The molecule has 5 nitrogen and oxygen atoms in total. The Morgan fingerprint density at radius 3 is 2.48 bits per heavy atom. The minimum Gasteiger partial charge on any atom is -0.335 e. The fraction of sp³-hybridized carbons (Fsp3) is 0.385. The zero-order valence-electron chi connectivity index (χ0n) is 11.4. The van der Waals surface area contributed by atoms with E-state index in [-0.39, 0.29) is 30.8 Å². The van der Waals surface area contributed by atoms with Gasteiger partial charge in [-0.05, 0) is 31.0 Å². The van der Waals surface area contributed by atoms with Crippen LogP contribution in [0.5, 0.6) is 0 Å². The summed E-state index contributed by atoms with van der Waals surface area (Å²) in [6, 6.07) is 4.78. The van der Waals surface area contributed by atoms with Crippen LogP contribution >= 0.6 is 35.6 Å². The highest BCUT2D eigenvalue weighted by Crippen LogP contribution is 2.33. The number of anilines is 1. The Morgan fingerprint density at radius 2 is 1.95 bits per heavy atom. The first-order chi connectivity index (χ1) is 9.32. The molecule has 1 aliphatic rings. The van der Waals surface area contributed by atoms with Gasteiger partial charge < -0.3 is 16.0 Å². The van der Waals surface area contributed by atoms with E-state index in [9.17, 15) is 9.59 Å². The maximum absolute atomic E-state index is 11.9. The number of carbonyl (C=O) groups excluding carboxylic acids is 2. The number of likely N-dealkylation sites (N-methyl/N-ethyl adjacent to an activating group) is 1. The van der Waals surface area contributed by atoms with E-state index in [2.05, 4.69) is 5.32 Å². The average Bonchev–Trinajstić information content (AvgIpc) is 3.12. The second-order valence-electron chi connectivity index (χ2n) is 4.99. The molecule has 0 bridgehead atoms. The van der Waals surface area contributed by atoms with Crippen molar-refractivity contribution in [1.29, 1.82) is 0 Å². The third-order valence-corrected chi connectivity index (χ3v) is 3.88. The zero-order chi connectivity index (χ0) is 14.9. The van der Waals surface area contributed by atoms with Crippen molar-refractivity contribution in [2.24, 2.45) is 5.73 Å². The number of benzene rings is 1. The van der Waals surface area contributed by atoms with Crippen LogP contribution in [0.15, 0.2) is 18.2 Å². The van der Waals surface area contributed by atoms with E-state index in [0.29, 0.717) is 28.6 Å². The molecule has 3 N–H and O–H groups in total. The molecule has 116 valence electrons. The highest BCUT2D eigenvalue weighted by Gasteiger charge is 2.47. The quantitative estimate of drug-likeness (QED) is 0.873. The Morgan fingerprint density at radius 1 is 1.33 bits per heavy atom. The minimum absolute atomic E-state index is 0. The maximum Gasteiger partial charge on any atom is 0.243 e.